The van der Waals surface area contributed by atoms with Gasteiger partial charge in [0, 0.05) is 36.8 Å². The summed E-state index contributed by atoms with van der Waals surface area (Å²) in [6, 6.07) is 14.6. The fraction of sp³-hybridized carbons (Fsp3) is 0.267. The van der Waals surface area contributed by atoms with Crippen molar-refractivity contribution in [1.82, 2.24) is 14.9 Å². The van der Waals surface area contributed by atoms with Crippen molar-refractivity contribution in [2.75, 3.05) is 18.0 Å². The van der Waals surface area contributed by atoms with Crippen LogP contribution in [0.15, 0.2) is 71.3 Å². The van der Waals surface area contributed by atoms with Crippen LogP contribution < -0.4 is 4.90 Å². The minimum Gasteiger partial charge on any atom is -0.431 e. The first-order valence-corrected chi connectivity index (χ1v) is 13.2. The van der Waals surface area contributed by atoms with Crippen LogP contribution in [-0.4, -0.2) is 51.7 Å². The highest BCUT2D eigenvalue weighted by molar-refractivity contribution is 5.97. The Morgan fingerprint density at radius 3 is 2.26 bits per heavy atom. The molecule has 4 heterocycles. The van der Waals surface area contributed by atoms with Crippen LogP contribution in [0.5, 0.6) is 0 Å². The molecule has 0 spiro atoms. The number of ketones is 1. The number of carbonyl (C=O) groups is 2. The predicted molar refractivity (Wildman–Crippen MR) is 141 cm³/mol. The van der Waals surface area contributed by atoms with Crippen molar-refractivity contribution < 1.29 is 36.0 Å². The van der Waals surface area contributed by atoms with Crippen molar-refractivity contribution in [3.05, 3.63) is 101 Å². The number of halogens is 5. The molecular formula is C30H23F5N4O3. The number of piperazine rings is 1. The van der Waals surface area contributed by atoms with Gasteiger partial charge in [-0.2, -0.15) is 13.2 Å². The normalized spacial score (nSPS) is 18.1. The van der Waals surface area contributed by atoms with E-state index < -0.39 is 35.0 Å². The van der Waals surface area contributed by atoms with Gasteiger partial charge in [-0.25, -0.2) is 18.7 Å². The van der Waals surface area contributed by atoms with Gasteiger partial charge in [0.05, 0.1) is 18.5 Å². The number of hydrogen-bond donors (Lipinski definition) is 0. The number of likely N-dealkylation sites (tertiary alicyclic amines) is 1. The van der Waals surface area contributed by atoms with Gasteiger partial charge in [0.15, 0.2) is 11.5 Å². The number of aromatic nitrogens is 2. The molecule has 2 bridgehead atoms. The van der Waals surface area contributed by atoms with Crippen LogP contribution in [0.25, 0.3) is 11.5 Å². The zero-order chi connectivity index (χ0) is 29.6. The summed E-state index contributed by atoms with van der Waals surface area (Å²) in [5, 5.41) is 0. The number of pyridine rings is 1. The molecule has 6 rings (SSSR count). The number of fused-ring (bicyclic) bond motifs is 2. The molecule has 12 heteroatoms. The molecule has 1 amide bonds. The number of oxazole rings is 1. The number of hydrogen-bond acceptors (Lipinski definition) is 6. The van der Waals surface area contributed by atoms with Gasteiger partial charge in [-0.15, -0.1) is 0 Å². The molecule has 2 aliphatic rings. The second-order valence-corrected chi connectivity index (χ2v) is 10.3. The molecule has 216 valence electrons. The maximum atomic E-state index is 14.0. The largest absolute Gasteiger partial charge is 0.452 e. The maximum absolute atomic E-state index is 14.0. The molecule has 2 unspecified atom stereocenters. The third kappa shape index (κ3) is 5.24. The van der Waals surface area contributed by atoms with E-state index in [0.717, 1.165) is 12.1 Å². The molecule has 2 saturated heterocycles. The van der Waals surface area contributed by atoms with Crippen LogP contribution >= 0.6 is 0 Å². The van der Waals surface area contributed by atoms with Crippen LogP contribution in [0.4, 0.5) is 27.8 Å². The van der Waals surface area contributed by atoms with Crippen molar-refractivity contribution in [3.8, 4) is 11.5 Å². The maximum Gasteiger partial charge on any atom is 0.452 e. The molecule has 0 radical (unpaired) electrons. The van der Waals surface area contributed by atoms with Crippen LogP contribution in [0.2, 0.25) is 0 Å². The Morgan fingerprint density at radius 2 is 1.64 bits per heavy atom. The second kappa shape index (κ2) is 10.7. The van der Waals surface area contributed by atoms with Crippen molar-refractivity contribution in [2.45, 2.75) is 37.5 Å². The molecule has 2 aromatic carbocycles. The summed E-state index contributed by atoms with van der Waals surface area (Å²) in [4.78, 5) is 37.7. The van der Waals surface area contributed by atoms with E-state index in [1.54, 1.807) is 35.2 Å². The second-order valence-electron chi connectivity index (χ2n) is 10.3. The quantitative estimate of drug-likeness (QED) is 0.212. The Hall–Kier alpha value is -4.61. The topological polar surface area (TPSA) is 79.5 Å². The van der Waals surface area contributed by atoms with E-state index in [0.29, 0.717) is 36.5 Å². The Labute approximate surface area is 236 Å². The number of carbonyl (C=O) groups excluding carboxylic acids is 2. The lowest BCUT2D eigenvalue weighted by molar-refractivity contribution is -0.153. The van der Waals surface area contributed by atoms with Crippen molar-refractivity contribution in [2.24, 2.45) is 0 Å². The highest BCUT2D eigenvalue weighted by Gasteiger charge is 2.46. The first-order chi connectivity index (χ1) is 20.1. The van der Waals surface area contributed by atoms with E-state index in [-0.39, 0.29) is 42.3 Å². The molecule has 2 atom stereocenters. The van der Waals surface area contributed by atoms with Gasteiger partial charge in [-0.3, -0.25) is 9.59 Å². The minimum atomic E-state index is -4.90. The first-order valence-electron chi connectivity index (χ1n) is 13.2. The standard InChI is InChI=1S/C30H23F5N4O3/c31-22-7-4-8-23(32)21(22)13-26(41)39-16-19-12-20(39)15-38(19)25-10-9-17(14-36-25)11-24(40)27-28(30(33,34)35)42-29(37-27)18-5-2-1-3-6-18/h1-10,14,19-20H,11-13,15-16H2. The van der Waals surface area contributed by atoms with Crippen LogP contribution in [0, 0.1) is 11.6 Å². The number of Topliss-reactive ketones (excluding diaryl/α,β-unsaturated/α-hetero) is 1. The summed E-state index contributed by atoms with van der Waals surface area (Å²) in [6.07, 6.45) is -3.53. The zero-order valence-corrected chi connectivity index (χ0v) is 21.9. The average molecular weight is 583 g/mol. The fourth-order valence-corrected chi connectivity index (χ4v) is 5.57. The van der Waals surface area contributed by atoms with Gasteiger partial charge in [-0.1, -0.05) is 30.3 Å². The monoisotopic (exact) mass is 582 g/mol. The summed E-state index contributed by atoms with van der Waals surface area (Å²) in [5.41, 5.74) is -0.331. The number of rotatable bonds is 7. The number of anilines is 1. The molecule has 7 nitrogen and oxygen atoms in total. The lowest BCUT2D eigenvalue weighted by atomic mass is 10.1. The summed E-state index contributed by atoms with van der Waals surface area (Å²) in [7, 11) is 0. The number of amides is 1. The Balaban J connectivity index is 1.11. The molecule has 2 aliphatic heterocycles. The Kier molecular flexibility index (Phi) is 6.99. The first kappa shape index (κ1) is 27.6. The van der Waals surface area contributed by atoms with Crippen LogP contribution in [0.3, 0.4) is 0 Å². The Morgan fingerprint density at radius 1 is 0.905 bits per heavy atom. The molecule has 42 heavy (non-hydrogen) atoms. The highest BCUT2D eigenvalue weighted by atomic mass is 19.4. The zero-order valence-electron chi connectivity index (χ0n) is 21.9. The third-order valence-electron chi connectivity index (χ3n) is 7.59. The SMILES string of the molecule is O=C(Cc1ccc(N2CC3CC2CN3C(=O)Cc2c(F)cccc2F)nc1)c1nc(-c2ccccc2)oc1C(F)(F)F. The van der Waals surface area contributed by atoms with E-state index in [4.69, 9.17) is 4.42 Å². The van der Waals surface area contributed by atoms with E-state index in [1.807, 2.05) is 4.90 Å². The minimum absolute atomic E-state index is 0.0507. The molecule has 4 aromatic rings. The van der Waals surface area contributed by atoms with Crippen molar-refractivity contribution in [1.29, 1.82) is 0 Å². The van der Waals surface area contributed by atoms with E-state index in [9.17, 15) is 31.5 Å². The predicted octanol–water partition coefficient (Wildman–Crippen LogP) is 5.49. The summed E-state index contributed by atoms with van der Waals surface area (Å²) in [5.74, 6) is -3.87. The summed E-state index contributed by atoms with van der Waals surface area (Å²) < 4.78 is 73.9. The lowest BCUT2D eigenvalue weighted by Gasteiger charge is -2.35. The lowest BCUT2D eigenvalue weighted by Crippen LogP contribution is -2.49. The number of benzene rings is 2. The van der Waals surface area contributed by atoms with Gasteiger partial charge in [0.1, 0.15) is 17.5 Å². The molecule has 0 saturated carbocycles. The van der Waals surface area contributed by atoms with E-state index >= 15 is 0 Å². The third-order valence-corrected chi connectivity index (χ3v) is 7.59. The van der Waals surface area contributed by atoms with Gasteiger partial charge >= 0.3 is 6.18 Å². The van der Waals surface area contributed by atoms with Crippen LogP contribution in [0.1, 0.15) is 33.8 Å². The summed E-state index contributed by atoms with van der Waals surface area (Å²) in [6.45, 7) is 0.842. The molecular weight excluding hydrogens is 559 g/mol. The molecule has 0 N–H and O–H groups in total. The molecule has 2 aromatic heterocycles. The smallest absolute Gasteiger partial charge is 0.431 e. The molecule has 0 aliphatic carbocycles. The van der Waals surface area contributed by atoms with Crippen molar-refractivity contribution in [3.63, 3.8) is 0 Å². The van der Waals surface area contributed by atoms with E-state index in [2.05, 4.69) is 9.97 Å². The average Bonchev–Trinajstić information content (AvgIpc) is 3.71. The number of nitrogens with zero attached hydrogens (tertiary/aromatic N) is 4. The Bertz CT molecular complexity index is 1620. The number of alkyl halides is 3. The van der Waals surface area contributed by atoms with Gasteiger partial charge in [0.2, 0.25) is 17.6 Å². The highest BCUT2D eigenvalue weighted by Crippen LogP contribution is 2.37. The van der Waals surface area contributed by atoms with Crippen LogP contribution in [-0.2, 0) is 23.8 Å². The van der Waals surface area contributed by atoms with Gasteiger partial charge in [0.25, 0.3) is 0 Å². The van der Waals surface area contributed by atoms with Gasteiger partial charge < -0.3 is 14.2 Å². The summed E-state index contributed by atoms with van der Waals surface area (Å²) >= 11 is 0. The van der Waals surface area contributed by atoms with Gasteiger partial charge in [-0.05, 0) is 42.3 Å². The van der Waals surface area contributed by atoms with E-state index in [1.165, 1.54) is 24.4 Å². The van der Waals surface area contributed by atoms with Crippen molar-refractivity contribution >= 4 is 17.5 Å². The molecule has 2 fully saturated rings. The fourth-order valence-electron chi connectivity index (χ4n) is 5.57.